The Morgan fingerprint density at radius 3 is 2.61 bits per heavy atom. The van der Waals surface area contributed by atoms with Crippen LogP contribution in [0.4, 0.5) is 0 Å². The zero-order valence-electron chi connectivity index (χ0n) is 11.2. The summed E-state index contributed by atoms with van der Waals surface area (Å²) in [7, 11) is 0. The van der Waals surface area contributed by atoms with Gasteiger partial charge in [0.1, 0.15) is 5.75 Å². The van der Waals surface area contributed by atoms with Crippen LogP contribution in [-0.4, -0.2) is 11.1 Å². The molecule has 1 aromatic heterocycles. The summed E-state index contributed by atoms with van der Waals surface area (Å²) >= 11 is 0. The van der Waals surface area contributed by atoms with Crippen molar-refractivity contribution >= 4 is 0 Å². The van der Waals surface area contributed by atoms with Crippen LogP contribution >= 0.6 is 0 Å². The van der Waals surface area contributed by atoms with Crippen LogP contribution in [0.1, 0.15) is 44.7 Å². The molecule has 18 heavy (non-hydrogen) atoms. The average molecular weight is 246 g/mol. The van der Waals surface area contributed by atoms with Gasteiger partial charge in [-0.15, -0.1) is 0 Å². The lowest BCUT2D eigenvalue weighted by atomic mass is 9.91. The Morgan fingerprint density at radius 2 is 1.94 bits per heavy atom. The molecule has 3 rings (SSSR count). The van der Waals surface area contributed by atoms with Crippen molar-refractivity contribution in [3.8, 4) is 5.75 Å². The van der Waals surface area contributed by atoms with Crippen molar-refractivity contribution in [1.82, 2.24) is 4.98 Å². The quantitative estimate of drug-likeness (QED) is 0.888. The Hall–Kier alpha value is -1.09. The van der Waals surface area contributed by atoms with Crippen LogP contribution in [0.25, 0.3) is 0 Å². The number of hydrogen-bond acceptors (Lipinski definition) is 3. The highest BCUT2D eigenvalue weighted by Crippen LogP contribution is 2.56. The Balaban J connectivity index is 1.70. The van der Waals surface area contributed by atoms with Gasteiger partial charge in [-0.3, -0.25) is 4.98 Å². The molecule has 98 valence electrons. The molecule has 0 saturated heterocycles. The fourth-order valence-corrected chi connectivity index (χ4v) is 3.28. The average Bonchev–Trinajstić information content (AvgIpc) is 2.95. The number of hydrogen-bond donors (Lipinski definition) is 1. The third-order valence-corrected chi connectivity index (χ3v) is 4.28. The minimum absolute atomic E-state index is 0.126. The summed E-state index contributed by atoms with van der Waals surface area (Å²) in [5, 5.41) is 0. The number of fused-ring (bicyclic) bond motifs is 1. The van der Waals surface area contributed by atoms with E-state index in [1.54, 1.807) is 6.20 Å². The lowest BCUT2D eigenvalue weighted by Crippen LogP contribution is -2.20. The molecular weight excluding hydrogens is 224 g/mol. The molecule has 0 aliphatic heterocycles. The fraction of sp³-hybridized carbons (Fsp3) is 0.667. The molecule has 3 heteroatoms. The second-order valence-electron chi connectivity index (χ2n) is 6.13. The van der Waals surface area contributed by atoms with Gasteiger partial charge in [-0.25, -0.2) is 0 Å². The molecule has 0 radical (unpaired) electrons. The molecule has 0 bridgehead atoms. The Kier molecular flexibility index (Phi) is 3.02. The maximum Gasteiger partial charge on any atom is 0.138 e. The van der Waals surface area contributed by atoms with Gasteiger partial charge in [0.15, 0.2) is 0 Å². The smallest absolute Gasteiger partial charge is 0.138 e. The van der Waals surface area contributed by atoms with E-state index in [0.29, 0.717) is 5.92 Å². The van der Waals surface area contributed by atoms with Gasteiger partial charge in [-0.2, -0.15) is 0 Å². The maximum absolute atomic E-state index is 6.39. The highest BCUT2D eigenvalue weighted by Gasteiger charge is 2.47. The zero-order valence-corrected chi connectivity index (χ0v) is 11.2. The minimum Gasteiger partial charge on any atom is -0.489 e. The monoisotopic (exact) mass is 246 g/mol. The van der Waals surface area contributed by atoms with Crippen molar-refractivity contribution in [2.45, 2.75) is 45.3 Å². The van der Waals surface area contributed by atoms with Crippen molar-refractivity contribution in [2.75, 3.05) is 0 Å². The SMILES string of the molecule is CC(C)Oc1cncc(C(N)C2CC3CC3C2)c1. The van der Waals surface area contributed by atoms with Gasteiger partial charge >= 0.3 is 0 Å². The molecule has 2 N–H and O–H groups in total. The minimum atomic E-state index is 0.126. The lowest BCUT2D eigenvalue weighted by Gasteiger charge is -2.21. The van der Waals surface area contributed by atoms with Crippen LogP contribution in [0.5, 0.6) is 5.75 Å². The molecule has 2 fully saturated rings. The maximum atomic E-state index is 6.39. The summed E-state index contributed by atoms with van der Waals surface area (Å²) < 4.78 is 5.68. The van der Waals surface area contributed by atoms with Crippen LogP contribution in [0.3, 0.4) is 0 Å². The fourth-order valence-electron chi connectivity index (χ4n) is 3.28. The van der Waals surface area contributed by atoms with Crippen LogP contribution < -0.4 is 10.5 Å². The summed E-state index contributed by atoms with van der Waals surface area (Å²) in [4.78, 5) is 4.26. The molecule has 3 nitrogen and oxygen atoms in total. The summed E-state index contributed by atoms with van der Waals surface area (Å²) in [5.41, 5.74) is 7.51. The Labute approximate surface area is 109 Å². The van der Waals surface area contributed by atoms with Crippen molar-refractivity contribution in [1.29, 1.82) is 0 Å². The van der Waals surface area contributed by atoms with Crippen molar-refractivity contribution in [3.63, 3.8) is 0 Å². The van der Waals surface area contributed by atoms with E-state index in [-0.39, 0.29) is 12.1 Å². The third-order valence-electron chi connectivity index (χ3n) is 4.28. The normalized spacial score (nSPS) is 31.2. The first kappa shape index (κ1) is 12.0. The number of nitrogens with two attached hydrogens (primary N) is 1. The van der Waals surface area contributed by atoms with E-state index >= 15 is 0 Å². The number of pyridine rings is 1. The summed E-state index contributed by atoms with van der Waals surface area (Å²) in [6.07, 6.45) is 7.89. The van der Waals surface area contributed by atoms with Crippen LogP contribution in [0.2, 0.25) is 0 Å². The second kappa shape index (κ2) is 4.54. The molecule has 0 aromatic carbocycles. The van der Waals surface area contributed by atoms with Gasteiger partial charge in [0, 0.05) is 12.2 Å². The first-order chi connectivity index (χ1) is 8.63. The molecule has 3 atom stereocenters. The van der Waals surface area contributed by atoms with Gasteiger partial charge in [0.25, 0.3) is 0 Å². The molecule has 2 aliphatic rings. The van der Waals surface area contributed by atoms with E-state index in [4.69, 9.17) is 10.5 Å². The highest BCUT2D eigenvalue weighted by atomic mass is 16.5. The third kappa shape index (κ3) is 2.37. The predicted octanol–water partition coefficient (Wildman–Crippen LogP) is 2.91. The molecule has 2 aliphatic carbocycles. The molecule has 0 amide bonds. The molecule has 0 spiro atoms. The van der Waals surface area contributed by atoms with Crippen LogP contribution in [-0.2, 0) is 0 Å². The largest absolute Gasteiger partial charge is 0.489 e. The first-order valence-electron chi connectivity index (χ1n) is 7.00. The number of aromatic nitrogens is 1. The van der Waals surface area contributed by atoms with E-state index in [2.05, 4.69) is 11.1 Å². The van der Waals surface area contributed by atoms with E-state index in [1.165, 1.54) is 19.3 Å². The van der Waals surface area contributed by atoms with E-state index < -0.39 is 0 Å². The number of rotatable bonds is 4. The van der Waals surface area contributed by atoms with Gasteiger partial charge in [-0.05, 0) is 62.5 Å². The lowest BCUT2D eigenvalue weighted by molar-refractivity contribution is 0.241. The van der Waals surface area contributed by atoms with Crippen LogP contribution in [0.15, 0.2) is 18.5 Å². The standard InChI is InChI=1S/C15H22N2O/c1-9(2)18-14-6-13(7-17-8-14)15(16)12-4-10-3-11(10)5-12/h6-12,15H,3-5,16H2,1-2H3. The molecule has 1 heterocycles. The van der Waals surface area contributed by atoms with E-state index in [0.717, 1.165) is 23.1 Å². The Morgan fingerprint density at radius 1 is 1.22 bits per heavy atom. The van der Waals surface area contributed by atoms with Crippen molar-refractivity contribution in [3.05, 3.63) is 24.0 Å². The predicted molar refractivity (Wildman–Crippen MR) is 71.3 cm³/mol. The first-order valence-corrected chi connectivity index (χ1v) is 7.00. The molecule has 1 aromatic rings. The number of nitrogens with zero attached hydrogens (tertiary/aromatic N) is 1. The van der Waals surface area contributed by atoms with Gasteiger partial charge in [-0.1, -0.05) is 0 Å². The van der Waals surface area contributed by atoms with E-state index in [1.807, 2.05) is 20.0 Å². The topological polar surface area (TPSA) is 48.1 Å². The summed E-state index contributed by atoms with van der Waals surface area (Å²) in [5.74, 6) is 3.43. The second-order valence-corrected chi connectivity index (χ2v) is 6.13. The highest BCUT2D eigenvalue weighted by molar-refractivity contribution is 5.27. The van der Waals surface area contributed by atoms with Gasteiger partial charge in [0.2, 0.25) is 0 Å². The molecular formula is C15H22N2O. The van der Waals surface area contributed by atoms with E-state index in [9.17, 15) is 0 Å². The van der Waals surface area contributed by atoms with Crippen LogP contribution in [0, 0.1) is 17.8 Å². The Bertz CT molecular complexity index is 422. The van der Waals surface area contributed by atoms with Crippen molar-refractivity contribution < 1.29 is 4.74 Å². The van der Waals surface area contributed by atoms with Gasteiger partial charge in [0.05, 0.1) is 12.3 Å². The zero-order chi connectivity index (χ0) is 12.7. The summed E-state index contributed by atoms with van der Waals surface area (Å²) in [6, 6.07) is 2.18. The summed E-state index contributed by atoms with van der Waals surface area (Å²) in [6.45, 7) is 4.05. The molecule has 3 unspecified atom stereocenters. The van der Waals surface area contributed by atoms with Crippen molar-refractivity contribution in [2.24, 2.45) is 23.5 Å². The number of ether oxygens (including phenoxy) is 1. The van der Waals surface area contributed by atoms with Gasteiger partial charge < -0.3 is 10.5 Å². The molecule has 2 saturated carbocycles.